The number of anilines is 1. The number of fused-ring (bicyclic) bond motifs is 1. The molecule has 2 aromatic carbocycles. The smallest absolute Gasteiger partial charge is 0.414 e. The average molecular weight is 521 g/mol. The highest BCUT2D eigenvalue weighted by atomic mass is 32.2. The number of hydrogen-bond acceptors (Lipinski definition) is 7. The zero-order chi connectivity index (χ0) is 26.6. The number of carbonyl (C=O) groups is 2. The van der Waals surface area contributed by atoms with Crippen molar-refractivity contribution in [3.8, 4) is 5.75 Å². The Morgan fingerprint density at radius 3 is 2.50 bits per heavy atom. The maximum atomic E-state index is 15.1. The summed E-state index contributed by atoms with van der Waals surface area (Å²) in [5, 5.41) is 3.07. The molecule has 0 bridgehead atoms. The molecule has 1 heterocycles. The molecular weight excluding hydrogens is 495 g/mol. The lowest BCUT2D eigenvalue weighted by atomic mass is 9.97. The lowest BCUT2D eigenvalue weighted by molar-refractivity contribution is -0.119. The van der Waals surface area contributed by atoms with Gasteiger partial charge in [-0.05, 0) is 29.3 Å². The van der Waals surface area contributed by atoms with E-state index in [1.165, 1.54) is 63.3 Å². The second-order valence-electron chi connectivity index (χ2n) is 7.94. The van der Waals surface area contributed by atoms with Gasteiger partial charge in [-0.2, -0.15) is 8.42 Å². The van der Waals surface area contributed by atoms with Crippen LogP contribution in [0.2, 0.25) is 0 Å². The number of nitrogens with zero attached hydrogens (tertiary/aromatic N) is 1. The summed E-state index contributed by atoms with van der Waals surface area (Å²) in [5.74, 6) is -1.08. The molecule has 0 atom stereocenters. The Morgan fingerprint density at radius 2 is 1.86 bits per heavy atom. The lowest BCUT2D eigenvalue weighted by Crippen LogP contribution is -2.27. The molecule has 11 nitrogen and oxygen atoms in total. The standard InChI is InChI=1S/C23H25FN4O7S/c1-13(29)26-12-18-16-9-8-15(34-23(31)28(3)4)11-20(16)35-22(30)17(18)10-14-6-5-7-19(21(14)24)27-36(32,33)25-2/h5-9,11,25,27H,10,12H2,1-4H3,(H,26,29). The van der Waals surface area contributed by atoms with E-state index in [9.17, 15) is 22.8 Å². The number of carbonyl (C=O) groups excluding carboxylic acids is 2. The molecule has 3 N–H and O–H groups in total. The molecule has 0 fully saturated rings. The van der Waals surface area contributed by atoms with Gasteiger partial charge in [-0.3, -0.25) is 9.52 Å². The minimum absolute atomic E-state index is 0.0264. The monoisotopic (exact) mass is 520 g/mol. The van der Waals surface area contributed by atoms with Gasteiger partial charge in [0.05, 0.1) is 5.69 Å². The van der Waals surface area contributed by atoms with Crippen molar-refractivity contribution in [2.24, 2.45) is 0 Å². The van der Waals surface area contributed by atoms with Gasteiger partial charge in [0.2, 0.25) is 5.91 Å². The first kappa shape index (κ1) is 26.6. The molecule has 3 aromatic rings. The fraction of sp³-hybridized carbons (Fsp3) is 0.261. The number of nitrogens with one attached hydrogen (secondary N) is 3. The van der Waals surface area contributed by atoms with E-state index in [1.807, 2.05) is 4.72 Å². The summed E-state index contributed by atoms with van der Waals surface area (Å²) in [7, 11) is 0.225. The second kappa shape index (κ2) is 10.7. The Labute approximate surface area is 206 Å². The molecule has 36 heavy (non-hydrogen) atoms. The topological polar surface area (TPSA) is 147 Å². The third-order valence-corrected chi connectivity index (χ3v) is 6.16. The third kappa shape index (κ3) is 6.17. The van der Waals surface area contributed by atoms with Gasteiger partial charge in [0.1, 0.15) is 11.3 Å². The molecule has 0 aliphatic carbocycles. The van der Waals surface area contributed by atoms with Gasteiger partial charge >= 0.3 is 11.7 Å². The fourth-order valence-electron chi connectivity index (χ4n) is 3.31. The van der Waals surface area contributed by atoms with Gasteiger partial charge in [-0.1, -0.05) is 12.1 Å². The van der Waals surface area contributed by atoms with E-state index in [1.54, 1.807) is 6.07 Å². The highest BCUT2D eigenvalue weighted by molar-refractivity contribution is 7.90. The van der Waals surface area contributed by atoms with E-state index in [4.69, 9.17) is 9.15 Å². The predicted octanol–water partition coefficient (Wildman–Crippen LogP) is 2.10. The molecule has 0 aliphatic heterocycles. The SMILES string of the molecule is CNS(=O)(=O)Nc1cccc(Cc2c(CNC(C)=O)c3ccc(OC(=O)N(C)C)cc3oc2=O)c1F. The van der Waals surface area contributed by atoms with Crippen molar-refractivity contribution in [3.05, 3.63) is 69.3 Å². The van der Waals surface area contributed by atoms with Gasteiger partial charge in [0, 0.05) is 58.0 Å². The normalized spacial score (nSPS) is 11.2. The van der Waals surface area contributed by atoms with E-state index in [-0.39, 0.29) is 47.0 Å². The number of halogens is 1. The van der Waals surface area contributed by atoms with Crippen LogP contribution in [0.5, 0.6) is 5.75 Å². The van der Waals surface area contributed by atoms with Crippen LogP contribution >= 0.6 is 0 Å². The van der Waals surface area contributed by atoms with Gasteiger partial charge < -0.3 is 19.4 Å². The Morgan fingerprint density at radius 1 is 1.14 bits per heavy atom. The quantitative estimate of drug-likeness (QED) is 0.385. The molecule has 0 saturated heterocycles. The molecule has 0 saturated carbocycles. The van der Waals surface area contributed by atoms with Gasteiger partial charge in [-0.15, -0.1) is 0 Å². The Bertz CT molecular complexity index is 1490. The number of rotatable bonds is 8. The van der Waals surface area contributed by atoms with Crippen molar-refractivity contribution in [2.75, 3.05) is 25.9 Å². The molecule has 192 valence electrons. The van der Waals surface area contributed by atoms with Crippen molar-refractivity contribution in [1.29, 1.82) is 0 Å². The van der Waals surface area contributed by atoms with Crippen LogP contribution in [0.15, 0.2) is 45.6 Å². The van der Waals surface area contributed by atoms with Crippen molar-refractivity contribution in [3.63, 3.8) is 0 Å². The van der Waals surface area contributed by atoms with Crippen LogP contribution in [0.25, 0.3) is 11.0 Å². The van der Waals surface area contributed by atoms with Gasteiger partial charge in [-0.25, -0.2) is 18.7 Å². The summed E-state index contributed by atoms with van der Waals surface area (Å²) >= 11 is 0. The number of amides is 2. The van der Waals surface area contributed by atoms with E-state index < -0.39 is 27.7 Å². The molecule has 0 radical (unpaired) electrons. The summed E-state index contributed by atoms with van der Waals surface area (Å²) < 4.78 is 53.5. The van der Waals surface area contributed by atoms with Crippen molar-refractivity contribution < 1.29 is 31.6 Å². The van der Waals surface area contributed by atoms with Crippen molar-refractivity contribution in [1.82, 2.24) is 14.9 Å². The van der Waals surface area contributed by atoms with Crippen molar-refractivity contribution in [2.45, 2.75) is 19.9 Å². The summed E-state index contributed by atoms with van der Waals surface area (Å²) in [6, 6.07) is 8.51. The molecule has 3 rings (SSSR count). The zero-order valence-electron chi connectivity index (χ0n) is 20.0. The van der Waals surface area contributed by atoms with E-state index >= 15 is 4.39 Å². The lowest BCUT2D eigenvalue weighted by Gasteiger charge is -2.15. The molecule has 0 spiro atoms. The number of hydrogen-bond donors (Lipinski definition) is 3. The maximum Gasteiger partial charge on any atom is 0.414 e. The van der Waals surface area contributed by atoms with Crippen molar-refractivity contribution >= 4 is 38.9 Å². The summed E-state index contributed by atoms with van der Waals surface area (Å²) in [6.45, 7) is 1.25. The van der Waals surface area contributed by atoms with Crippen LogP contribution in [-0.2, 0) is 28.0 Å². The third-order valence-electron chi connectivity index (χ3n) is 5.13. The minimum atomic E-state index is -3.97. The molecule has 0 aliphatic rings. The van der Waals surface area contributed by atoms with Gasteiger partial charge in [0.25, 0.3) is 10.2 Å². The highest BCUT2D eigenvalue weighted by Gasteiger charge is 2.20. The second-order valence-corrected chi connectivity index (χ2v) is 9.56. The maximum absolute atomic E-state index is 15.1. The Balaban J connectivity index is 2.10. The zero-order valence-corrected chi connectivity index (χ0v) is 20.8. The van der Waals surface area contributed by atoms with E-state index in [0.717, 1.165) is 0 Å². The Kier molecular flexibility index (Phi) is 7.95. The molecule has 13 heteroatoms. The first-order valence-corrected chi connectivity index (χ1v) is 12.1. The average Bonchev–Trinajstić information content (AvgIpc) is 2.80. The van der Waals surface area contributed by atoms with Crippen LogP contribution < -0.4 is 25.1 Å². The summed E-state index contributed by atoms with van der Waals surface area (Å²) in [6.07, 6.45) is -0.873. The Hall–Kier alpha value is -3.97. The van der Waals surface area contributed by atoms with Crippen LogP contribution in [0.1, 0.15) is 23.6 Å². The number of ether oxygens (including phenoxy) is 1. The van der Waals surface area contributed by atoms with E-state index in [0.29, 0.717) is 10.9 Å². The molecule has 2 amide bonds. The first-order valence-electron chi connectivity index (χ1n) is 10.6. The first-order chi connectivity index (χ1) is 16.9. The summed E-state index contributed by atoms with van der Waals surface area (Å²) in [5.41, 5.74) is -0.519. The highest BCUT2D eigenvalue weighted by Crippen LogP contribution is 2.28. The molecule has 1 aromatic heterocycles. The van der Waals surface area contributed by atoms with Gasteiger partial charge in [0.15, 0.2) is 5.82 Å². The van der Waals surface area contributed by atoms with Crippen LogP contribution in [0, 0.1) is 5.82 Å². The van der Waals surface area contributed by atoms with Crippen LogP contribution in [0.4, 0.5) is 14.9 Å². The molecular formula is C23H25FN4O7S. The summed E-state index contributed by atoms with van der Waals surface area (Å²) in [4.78, 5) is 37.7. The van der Waals surface area contributed by atoms with Crippen LogP contribution in [0.3, 0.4) is 0 Å². The number of benzene rings is 2. The van der Waals surface area contributed by atoms with E-state index in [2.05, 4.69) is 10.0 Å². The largest absolute Gasteiger partial charge is 0.422 e. The predicted molar refractivity (Wildman–Crippen MR) is 131 cm³/mol. The minimum Gasteiger partial charge on any atom is -0.422 e. The van der Waals surface area contributed by atoms with Crippen LogP contribution in [-0.4, -0.2) is 46.5 Å². The fourth-order valence-corrected chi connectivity index (χ4v) is 3.86. The molecule has 0 unspecified atom stereocenters.